The lowest BCUT2D eigenvalue weighted by Gasteiger charge is -2.08. The van der Waals surface area contributed by atoms with E-state index in [0.29, 0.717) is 21.6 Å². The number of hydrogen-bond acceptors (Lipinski definition) is 6. The SMILES string of the molecule is CSc1nnnn1-c1cccc(NC(=O)c2ccc(Cl)nc2)c1. The van der Waals surface area contributed by atoms with Gasteiger partial charge in [-0.05, 0) is 47.0 Å². The number of halogens is 1. The van der Waals surface area contributed by atoms with Crippen LogP contribution in [-0.2, 0) is 0 Å². The Kier molecular flexibility index (Phi) is 4.54. The highest BCUT2D eigenvalue weighted by molar-refractivity contribution is 7.98. The lowest BCUT2D eigenvalue weighted by molar-refractivity contribution is 0.102. The number of aromatic nitrogens is 5. The van der Waals surface area contributed by atoms with Crippen LogP contribution < -0.4 is 5.32 Å². The molecule has 0 saturated carbocycles. The highest BCUT2D eigenvalue weighted by Crippen LogP contribution is 2.19. The van der Waals surface area contributed by atoms with Crippen LogP contribution >= 0.6 is 23.4 Å². The minimum Gasteiger partial charge on any atom is -0.322 e. The normalized spacial score (nSPS) is 10.5. The van der Waals surface area contributed by atoms with Crippen LogP contribution in [-0.4, -0.2) is 37.4 Å². The standard InChI is InChI=1S/C14H11ClN6OS/c1-23-14-18-19-20-21(14)11-4-2-3-10(7-11)17-13(22)9-5-6-12(15)16-8-9/h2-8H,1H3,(H,17,22). The minimum atomic E-state index is -0.270. The molecule has 2 aromatic heterocycles. The predicted molar refractivity (Wildman–Crippen MR) is 88.1 cm³/mol. The molecule has 0 bridgehead atoms. The van der Waals surface area contributed by atoms with E-state index in [1.807, 2.05) is 18.4 Å². The lowest BCUT2D eigenvalue weighted by Crippen LogP contribution is -2.12. The molecule has 23 heavy (non-hydrogen) atoms. The van der Waals surface area contributed by atoms with Gasteiger partial charge >= 0.3 is 0 Å². The van der Waals surface area contributed by atoms with Crippen molar-refractivity contribution in [3.63, 3.8) is 0 Å². The van der Waals surface area contributed by atoms with Crippen molar-refractivity contribution in [2.24, 2.45) is 0 Å². The molecule has 3 aromatic rings. The Morgan fingerprint density at radius 3 is 2.91 bits per heavy atom. The van der Waals surface area contributed by atoms with Crippen molar-refractivity contribution in [3.8, 4) is 5.69 Å². The van der Waals surface area contributed by atoms with Gasteiger partial charge in [-0.1, -0.05) is 29.4 Å². The largest absolute Gasteiger partial charge is 0.322 e. The first-order valence-electron chi connectivity index (χ1n) is 6.53. The van der Waals surface area contributed by atoms with E-state index in [1.54, 1.807) is 28.9 Å². The van der Waals surface area contributed by atoms with Gasteiger partial charge in [0.15, 0.2) is 0 Å². The molecule has 0 aliphatic rings. The van der Waals surface area contributed by atoms with Gasteiger partial charge in [-0.2, -0.15) is 4.68 Å². The molecule has 3 rings (SSSR count). The van der Waals surface area contributed by atoms with Crippen molar-refractivity contribution >= 4 is 35.0 Å². The van der Waals surface area contributed by atoms with Gasteiger partial charge in [-0.15, -0.1) is 5.10 Å². The molecule has 0 aliphatic carbocycles. The Balaban J connectivity index is 1.83. The quantitative estimate of drug-likeness (QED) is 0.577. The van der Waals surface area contributed by atoms with E-state index >= 15 is 0 Å². The molecule has 9 heteroatoms. The molecule has 0 spiro atoms. The molecule has 0 aliphatic heterocycles. The van der Waals surface area contributed by atoms with Crippen molar-refractivity contribution in [2.75, 3.05) is 11.6 Å². The van der Waals surface area contributed by atoms with E-state index < -0.39 is 0 Å². The summed E-state index contributed by atoms with van der Waals surface area (Å²) in [6, 6.07) is 10.4. The zero-order valence-electron chi connectivity index (χ0n) is 12.0. The first kappa shape index (κ1) is 15.4. The minimum absolute atomic E-state index is 0.270. The monoisotopic (exact) mass is 346 g/mol. The number of rotatable bonds is 4. The number of benzene rings is 1. The number of carbonyl (C=O) groups excluding carboxylic acids is 1. The molecular weight excluding hydrogens is 336 g/mol. The van der Waals surface area contributed by atoms with Crippen molar-refractivity contribution < 1.29 is 4.79 Å². The summed E-state index contributed by atoms with van der Waals surface area (Å²) in [7, 11) is 0. The summed E-state index contributed by atoms with van der Waals surface area (Å²) in [4.78, 5) is 16.1. The van der Waals surface area contributed by atoms with Crippen molar-refractivity contribution in [3.05, 3.63) is 53.3 Å². The van der Waals surface area contributed by atoms with Gasteiger partial charge in [0.05, 0.1) is 11.3 Å². The first-order valence-corrected chi connectivity index (χ1v) is 8.13. The summed E-state index contributed by atoms with van der Waals surface area (Å²) >= 11 is 7.15. The van der Waals surface area contributed by atoms with Gasteiger partial charge in [0.2, 0.25) is 5.16 Å². The second-order valence-electron chi connectivity index (χ2n) is 4.45. The van der Waals surface area contributed by atoms with E-state index in [1.165, 1.54) is 18.0 Å². The second-order valence-corrected chi connectivity index (χ2v) is 5.61. The third kappa shape index (κ3) is 3.49. The maximum Gasteiger partial charge on any atom is 0.257 e. The summed E-state index contributed by atoms with van der Waals surface area (Å²) in [5, 5.41) is 15.3. The Hall–Kier alpha value is -2.45. The average Bonchev–Trinajstić information content (AvgIpc) is 3.04. The molecule has 2 heterocycles. The summed E-state index contributed by atoms with van der Waals surface area (Å²) in [6.07, 6.45) is 3.32. The maximum atomic E-state index is 12.2. The number of tetrazole rings is 1. The van der Waals surface area contributed by atoms with E-state index in [9.17, 15) is 4.79 Å². The van der Waals surface area contributed by atoms with Crippen LogP contribution in [0.2, 0.25) is 5.15 Å². The molecule has 1 aromatic carbocycles. The molecule has 7 nitrogen and oxygen atoms in total. The fourth-order valence-electron chi connectivity index (χ4n) is 1.90. The van der Waals surface area contributed by atoms with Crippen LogP contribution in [0.4, 0.5) is 5.69 Å². The predicted octanol–water partition coefficient (Wildman–Crippen LogP) is 2.68. The summed E-state index contributed by atoms with van der Waals surface area (Å²) < 4.78 is 1.60. The van der Waals surface area contributed by atoms with E-state index in [4.69, 9.17) is 11.6 Å². The van der Waals surface area contributed by atoms with Crippen LogP contribution in [0.25, 0.3) is 5.69 Å². The Labute approximate surface area is 141 Å². The summed E-state index contributed by atoms with van der Waals surface area (Å²) in [5.74, 6) is -0.270. The molecule has 1 N–H and O–H groups in total. The van der Waals surface area contributed by atoms with Crippen molar-refractivity contribution in [2.45, 2.75) is 5.16 Å². The number of nitrogens with one attached hydrogen (secondary N) is 1. The molecule has 0 unspecified atom stereocenters. The summed E-state index contributed by atoms with van der Waals surface area (Å²) in [5.41, 5.74) is 1.81. The number of anilines is 1. The smallest absolute Gasteiger partial charge is 0.257 e. The number of hydrogen-bond donors (Lipinski definition) is 1. The number of nitrogens with zero attached hydrogens (tertiary/aromatic N) is 5. The molecule has 116 valence electrons. The van der Waals surface area contributed by atoms with Gasteiger partial charge < -0.3 is 5.32 Å². The number of carbonyl (C=O) groups is 1. The Morgan fingerprint density at radius 1 is 1.30 bits per heavy atom. The second kappa shape index (κ2) is 6.76. The first-order chi connectivity index (χ1) is 11.2. The third-order valence-electron chi connectivity index (χ3n) is 2.96. The zero-order valence-corrected chi connectivity index (χ0v) is 13.5. The van der Waals surface area contributed by atoms with E-state index in [-0.39, 0.29) is 5.91 Å². The molecule has 1 amide bonds. The van der Waals surface area contributed by atoms with Gasteiger partial charge in [0.25, 0.3) is 5.91 Å². The van der Waals surface area contributed by atoms with Gasteiger partial charge in [-0.3, -0.25) is 4.79 Å². The summed E-state index contributed by atoms with van der Waals surface area (Å²) in [6.45, 7) is 0. The average molecular weight is 347 g/mol. The fraction of sp³-hybridized carbons (Fsp3) is 0.0714. The Bertz CT molecular complexity index is 835. The van der Waals surface area contributed by atoms with E-state index in [2.05, 4.69) is 25.8 Å². The molecule has 0 fully saturated rings. The number of thioether (sulfide) groups is 1. The maximum absolute atomic E-state index is 12.2. The molecule has 0 saturated heterocycles. The van der Waals surface area contributed by atoms with Crippen LogP contribution in [0.5, 0.6) is 0 Å². The molecule has 0 radical (unpaired) electrons. The van der Waals surface area contributed by atoms with Gasteiger partial charge in [0.1, 0.15) is 5.15 Å². The lowest BCUT2D eigenvalue weighted by atomic mass is 10.2. The topological polar surface area (TPSA) is 85.6 Å². The van der Waals surface area contributed by atoms with Crippen LogP contribution in [0.15, 0.2) is 47.8 Å². The highest BCUT2D eigenvalue weighted by atomic mass is 35.5. The van der Waals surface area contributed by atoms with Gasteiger partial charge in [0, 0.05) is 11.9 Å². The Morgan fingerprint density at radius 2 is 2.17 bits per heavy atom. The fourth-order valence-corrected chi connectivity index (χ4v) is 2.44. The number of pyridine rings is 1. The van der Waals surface area contributed by atoms with Crippen molar-refractivity contribution in [1.29, 1.82) is 0 Å². The molecule has 0 atom stereocenters. The van der Waals surface area contributed by atoms with Crippen molar-refractivity contribution in [1.82, 2.24) is 25.2 Å². The van der Waals surface area contributed by atoms with Crippen LogP contribution in [0.3, 0.4) is 0 Å². The zero-order chi connectivity index (χ0) is 16.2. The van der Waals surface area contributed by atoms with Crippen LogP contribution in [0.1, 0.15) is 10.4 Å². The highest BCUT2D eigenvalue weighted by Gasteiger charge is 2.10. The number of amides is 1. The third-order valence-corrected chi connectivity index (χ3v) is 3.80. The van der Waals surface area contributed by atoms with Gasteiger partial charge in [-0.25, -0.2) is 4.98 Å². The molecular formula is C14H11ClN6OS. The van der Waals surface area contributed by atoms with Crippen LogP contribution in [0, 0.1) is 0 Å². The van der Waals surface area contributed by atoms with E-state index in [0.717, 1.165) is 5.69 Å².